The highest BCUT2D eigenvalue weighted by Crippen LogP contribution is 2.52. The standard InChI is InChI=1S/C15H14ClFO2/c1-9-4-11-8-19-14(18)15(11,6-9)7-10-2-3-13(17)12(16)5-10/h2-3,5,11H,1,4,6-8H2/t11-,15+/m1/s1. The van der Waals surface area contributed by atoms with E-state index in [4.69, 9.17) is 16.3 Å². The minimum Gasteiger partial charge on any atom is -0.465 e. The van der Waals surface area contributed by atoms with Crippen LogP contribution in [0.3, 0.4) is 0 Å². The summed E-state index contributed by atoms with van der Waals surface area (Å²) in [6.45, 7) is 4.46. The van der Waals surface area contributed by atoms with E-state index < -0.39 is 11.2 Å². The van der Waals surface area contributed by atoms with Crippen LogP contribution in [0.15, 0.2) is 30.4 Å². The Labute approximate surface area is 116 Å². The molecule has 0 N–H and O–H groups in total. The van der Waals surface area contributed by atoms with Crippen LogP contribution >= 0.6 is 11.6 Å². The van der Waals surface area contributed by atoms with Crippen LogP contribution in [0.4, 0.5) is 4.39 Å². The van der Waals surface area contributed by atoms with Crippen molar-refractivity contribution in [2.24, 2.45) is 11.3 Å². The van der Waals surface area contributed by atoms with Gasteiger partial charge in [0.25, 0.3) is 0 Å². The highest BCUT2D eigenvalue weighted by Gasteiger charge is 2.55. The van der Waals surface area contributed by atoms with E-state index in [9.17, 15) is 9.18 Å². The molecule has 1 aliphatic heterocycles. The lowest BCUT2D eigenvalue weighted by molar-refractivity contribution is -0.146. The van der Waals surface area contributed by atoms with Crippen LogP contribution in [0.5, 0.6) is 0 Å². The second-order valence-corrected chi connectivity index (χ2v) is 5.91. The van der Waals surface area contributed by atoms with E-state index in [1.165, 1.54) is 6.07 Å². The summed E-state index contributed by atoms with van der Waals surface area (Å²) in [4.78, 5) is 12.1. The molecule has 1 aromatic carbocycles. The molecule has 1 heterocycles. The smallest absolute Gasteiger partial charge is 0.313 e. The first-order chi connectivity index (χ1) is 9.01. The van der Waals surface area contributed by atoms with E-state index in [1.807, 2.05) is 0 Å². The molecule has 0 radical (unpaired) electrons. The predicted octanol–water partition coefficient (Wildman–Crippen LogP) is 3.53. The third-order valence-corrected chi connectivity index (χ3v) is 4.50. The normalized spacial score (nSPS) is 29.5. The number of cyclic esters (lactones) is 1. The molecule has 2 aliphatic rings. The summed E-state index contributed by atoms with van der Waals surface area (Å²) in [5.41, 5.74) is 1.44. The Kier molecular flexibility index (Phi) is 2.90. The fraction of sp³-hybridized carbons (Fsp3) is 0.400. The molecule has 0 amide bonds. The van der Waals surface area contributed by atoms with Gasteiger partial charge in [0.15, 0.2) is 0 Å². The molecule has 2 fully saturated rings. The topological polar surface area (TPSA) is 26.3 Å². The molecule has 4 heteroatoms. The zero-order valence-electron chi connectivity index (χ0n) is 10.4. The molecule has 0 bridgehead atoms. The maximum Gasteiger partial charge on any atom is 0.313 e. The molecular weight excluding hydrogens is 267 g/mol. The summed E-state index contributed by atoms with van der Waals surface area (Å²) in [7, 11) is 0. The Morgan fingerprint density at radius 1 is 1.53 bits per heavy atom. The van der Waals surface area contributed by atoms with E-state index in [2.05, 4.69) is 6.58 Å². The third kappa shape index (κ3) is 1.96. The Balaban J connectivity index is 1.93. The predicted molar refractivity (Wildman–Crippen MR) is 70.4 cm³/mol. The average molecular weight is 281 g/mol. The SMILES string of the molecule is C=C1C[C@@H]2COC(=O)[C@]2(Cc2ccc(F)c(Cl)c2)C1. The molecule has 2 nitrogen and oxygen atoms in total. The van der Waals surface area contributed by atoms with Crippen molar-refractivity contribution in [3.05, 3.63) is 46.8 Å². The van der Waals surface area contributed by atoms with Crippen LogP contribution in [-0.2, 0) is 16.0 Å². The van der Waals surface area contributed by atoms with Gasteiger partial charge < -0.3 is 4.74 Å². The first-order valence-electron chi connectivity index (χ1n) is 6.29. The van der Waals surface area contributed by atoms with Crippen LogP contribution in [0.25, 0.3) is 0 Å². The van der Waals surface area contributed by atoms with Gasteiger partial charge in [-0.05, 0) is 37.0 Å². The summed E-state index contributed by atoms with van der Waals surface area (Å²) in [6.07, 6.45) is 2.03. The number of rotatable bonds is 2. The van der Waals surface area contributed by atoms with Crippen molar-refractivity contribution in [2.75, 3.05) is 6.61 Å². The number of hydrogen-bond acceptors (Lipinski definition) is 2. The summed E-state index contributed by atoms with van der Waals surface area (Å²) in [5, 5.41) is 0.0913. The van der Waals surface area contributed by atoms with Crippen LogP contribution in [0.2, 0.25) is 5.02 Å². The van der Waals surface area contributed by atoms with Crippen molar-refractivity contribution in [1.29, 1.82) is 0 Å². The van der Waals surface area contributed by atoms with E-state index >= 15 is 0 Å². The number of carbonyl (C=O) groups excluding carboxylic acids is 1. The lowest BCUT2D eigenvalue weighted by Gasteiger charge is -2.24. The van der Waals surface area contributed by atoms with Gasteiger partial charge >= 0.3 is 5.97 Å². The second-order valence-electron chi connectivity index (χ2n) is 5.51. The average Bonchev–Trinajstić information content (AvgIpc) is 2.81. The Bertz CT molecular complexity index is 569. The van der Waals surface area contributed by atoms with E-state index in [0.717, 1.165) is 17.6 Å². The first-order valence-corrected chi connectivity index (χ1v) is 6.67. The number of halogens is 2. The maximum absolute atomic E-state index is 13.2. The molecule has 0 unspecified atom stereocenters. The molecule has 1 aliphatic carbocycles. The highest BCUT2D eigenvalue weighted by atomic mass is 35.5. The monoisotopic (exact) mass is 280 g/mol. The van der Waals surface area contributed by atoms with Crippen molar-refractivity contribution in [3.63, 3.8) is 0 Å². The van der Waals surface area contributed by atoms with E-state index in [0.29, 0.717) is 19.4 Å². The van der Waals surface area contributed by atoms with Gasteiger partial charge in [-0.2, -0.15) is 0 Å². The molecule has 19 heavy (non-hydrogen) atoms. The van der Waals surface area contributed by atoms with Crippen LogP contribution < -0.4 is 0 Å². The lowest BCUT2D eigenvalue weighted by Crippen LogP contribution is -2.31. The van der Waals surface area contributed by atoms with Gasteiger partial charge in [-0.3, -0.25) is 4.79 Å². The van der Waals surface area contributed by atoms with Crippen molar-refractivity contribution in [3.8, 4) is 0 Å². The minimum absolute atomic E-state index is 0.0913. The summed E-state index contributed by atoms with van der Waals surface area (Å²) in [6, 6.07) is 4.61. The molecule has 2 atom stereocenters. The zero-order valence-corrected chi connectivity index (χ0v) is 11.2. The quantitative estimate of drug-likeness (QED) is 0.612. The molecule has 3 rings (SSSR count). The molecule has 0 spiro atoms. The lowest BCUT2D eigenvalue weighted by atomic mass is 9.75. The summed E-state index contributed by atoms with van der Waals surface area (Å²) in [5.74, 6) is -0.405. The van der Waals surface area contributed by atoms with Crippen molar-refractivity contribution in [2.45, 2.75) is 19.3 Å². The van der Waals surface area contributed by atoms with Gasteiger partial charge in [0.2, 0.25) is 0 Å². The van der Waals surface area contributed by atoms with Crippen LogP contribution in [-0.4, -0.2) is 12.6 Å². The maximum atomic E-state index is 13.2. The highest BCUT2D eigenvalue weighted by molar-refractivity contribution is 6.30. The second kappa shape index (κ2) is 4.34. The fourth-order valence-corrected chi connectivity index (χ4v) is 3.48. The van der Waals surface area contributed by atoms with Crippen molar-refractivity contribution < 1.29 is 13.9 Å². The zero-order chi connectivity index (χ0) is 13.6. The third-order valence-electron chi connectivity index (χ3n) is 4.21. The minimum atomic E-state index is -0.516. The molecule has 1 saturated heterocycles. The molecular formula is C15H14ClFO2. The van der Waals surface area contributed by atoms with E-state index in [-0.39, 0.29) is 16.9 Å². The number of ether oxygens (including phenoxy) is 1. The first kappa shape index (κ1) is 12.7. The molecule has 0 aromatic heterocycles. The van der Waals surface area contributed by atoms with Crippen molar-refractivity contribution in [1.82, 2.24) is 0 Å². The fourth-order valence-electron chi connectivity index (χ4n) is 3.28. The summed E-state index contributed by atoms with van der Waals surface area (Å²) < 4.78 is 18.4. The number of allylic oxidation sites excluding steroid dienone is 1. The largest absolute Gasteiger partial charge is 0.465 e. The summed E-state index contributed by atoms with van der Waals surface area (Å²) >= 11 is 5.80. The Morgan fingerprint density at radius 3 is 3.05 bits per heavy atom. The number of carbonyl (C=O) groups is 1. The number of hydrogen-bond donors (Lipinski definition) is 0. The Hall–Kier alpha value is -1.35. The number of esters is 1. The van der Waals surface area contributed by atoms with Gasteiger partial charge in [-0.15, -0.1) is 0 Å². The van der Waals surface area contributed by atoms with Gasteiger partial charge in [-0.25, -0.2) is 4.39 Å². The van der Waals surface area contributed by atoms with Gasteiger partial charge in [0.05, 0.1) is 17.0 Å². The van der Waals surface area contributed by atoms with Gasteiger partial charge in [0, 0.05) is 5.92 Å². The number of fused-ring (bicyclic) bond motifs is 1. The molecule has 100 valence electrons. The molecule has 1 saturated carbocycles. The van der Waals surface area contributed by atoms with Gasteiger partial charge in [0.1, 0.15) is 5.82 Å². The van der Waals surface area contributed by atoms with E-state index in [1.54, 1.807) is 12.1 Å². The van der Waals surface area contributed by atoms with Crippen LogP contribution in [0.1, 0.15) is 18.4 Å². The molecule has 1 aromatic rings. The Morgan fingerprint density at radius 2 is 2.32 bits per heavy atom. The van der Waals surface area contributed by atoms with Crippen molar-refractivity contribution >= 4 is 17.6 Å². The van der Waals surface area contributed by atoms with Crippen LogP contribution in [0, 0.1) is 17.2 Å². The van der Waals surface area contributed by atoms with Gasteiger partial charge in [-0.1, -0.05) is 29.8 Å². The number of benzene rings is 1.